The second-order valence-electron chi connectivity index (χ2n) is 5.22. The van der Waals surface area contributed by atoms with Gasteiger partial charge in [0.1, 0.15) is 0 Å². The number of nitrogens with one attached hydrogen (secondary N) is 1. The number of hydrogen-bond donors (Lipinski definition) is 2. The van der Waals surface area contributed by atoms with Crippen molar-refractivity contribution in [2.24, 2.45) is 11.7 Å². The number of benzene rings is 1. The summed E-state index contributed by atoms with van der Waals surface area (Å²) in [4.78, 5) is 37.2. The molecule has 1 aliphatic heterocycles. The molecular weight excluding hydrogens is 286 g/mol. The van der Waals surface area contributed by atoms with Gasteiger partial charge in [-0.2, -0.15) is 0 Å². The zero-order valence-electron chi connectivity index (χ0n) is 12.5. The van der Waals surface area contributed by atoms with E-state index < -0.39 is 12.1 Å². The molecule has 22 heavy (non-hydrogen) atoms. The lowest BCUT2D eigenvalue weighted by atomic mass is 10.0. The maximum absolute atomic E-state index is 12.3. The van der Waals surface area contributed by atoms with E-state index in [1.165, 1.54) is 7.11 Å². The topological polar surface area (TPSA) is 102 Å². The van der Waals surface area contributed by atoms with E-state index in [9.17, 15) is 14.4 Å². The quantitative estimate of drug-likeness (QED) is 0.776. The lowest BCUT2D eigenvalue weighted by Gasteiger charge is -2.27. The lowest BCUT2D eigenvalue weighted by Crippen LogP contribution is -2.50. The van der Waals surface area contributed by atoms with Crippen molar-refractivity contribution in [3.05, 3.63) is 35.4 Å². The van der Waals surface area contributed by atoms with Gasteiger partial charge < -0.3 is 15.8 Å². The van der Waals surface area contributed by atoms with Gasteiger partial charge >= 0.3 is 6.09 Å². The molecule has 118 valence electrons. The van der Waals surface area contributed by atoms with Gasteiger partial charge in [-0.15, -0.1) is 0 Å². The number of rotatable bonds is 5. The Morgan fingerprint density at radius 3 is 2.27 bits per heavy atom. The normalized spacial score (nSPS) is 16.2. The maximum atomic E-state index is 12.3. The van der Waals surface area contributed by atoms with Crippen molar-refractivity contribution in [1.82, 2.24) is 10.2 Å². The number of carbonyl (C=O) groups is 3. The fraction of sp³-hybridized carbons (Fsp3) is 0.400. The second-order valence-corrected chi connectivity index (χ2v) is 5.22. The van der Waals surface area contributed by atoms with E-state index in [1.54, 1.807) is 24.3 Å². The fourth-order valence-electron chi connectivity index (χ4n) is 2.34. The Hall–Kier alpha value is -2.41. The third kappa shape index (κ3) is 2.94. The molecule has 0 aliphatic carbocycles. The van der Waals surface area contributed by atoms with Crippen LogP contribution < -0.4 is 11.1 Å². The molecule has 0 radical (unpaired) electrons. The smallest absolute Gasteiger partial charge is 0.407 e. The van der Waals surface area contributed by atoms with E-state index in [4.69, 9.17) is 5.73 Å². The number of nitrogens with zero attached hydrogens (tertiary/aromatic N) is 1. The Morgan fingerprint density at radius 2 is 1.82 bits per heavy atom. The van der Waals surface area contributed by atoms with Crippen molar-refractivity contribution in [3.63, 3.8) is 0 Å². The molecule has 1 aromatic carbocycles. The summed E-state index contributed by atoms with van der Waals surface area (Å²) in [7, 11) is 1.25. The number of amides is 3. The largest absolute Gasteiger partial charge is 0.453 e. The van der Waals surface area contributed by atoms with Crippen LogP contribution in [0.25, 0.3) is 0 Å². The van der Waals surface area contributed by atoms with Crippen LogP contribution in [0.15, 0.2) is 24.3 Å². The van der Waals surface area contributed by atoms with E-state index in [1.807, 2.05) is 6.92 Å². The number of methoxy groups -OCH3 is 1. The fourth-order valence-corrected chi connectivity index (χ4v) is 2.34. The van der Waals surface area contributed by atoms with Crippen LogP contribution >= 0.6 is 0 Å². The minimum Gasteiger partial charge on any atom is -0.453 e. The maximum Gasteiger partial charge on any atom is 0.407 e. The van der Waals surface area contributed by atoms with Crippen molar-refractivity contribution < 1.29 is 19.1 Å². The Kier molecular flexibility index (Phi) is 4.77. The van der Waals surface area contributed by atoms with Gasteiger partial charge in [-0.05, 0) is 24.6 Å². The van der Waals surface area contributed by atoms with Gasteiger partial charge in [-0.25, -0.2) is 4.79 Å². The molecule has 1 aromatic rings. The standard InChI is InChI=1S/C15H19N3O4/c1-9(7-16)12(17-15(21)22-2)8-18-13(19)10-5-3-4-6-11(10)14(18)20/h3-6,9,12H,7-8,16H2,1-2H3,(H,17,21)/t9?,12-/m0/s1. The van der Waals surface area contributed by atoms with Gasteiger partial charge in [0, 0.05) is 6.54 Å². The molecule has 0 aromatic heterocycles. The molecule has 2 atom stereocenters. The Bertz CT molecular complexity index is 567. The molecule has 2 rings (SSSR count). The van der Waals surface area contributed by atoms with E-state index >= 15 is 0 Å². The van der Waals surface area contributed by atoms with Crippen LogP contribution in [0.2, 0.25) is 0 Å². The summed E-state index contributed by atoms with van der Waals surface area (Å²) in [5.41, 5.74) is 6.40. The van der Waals surface area contributed by atoms with Crippen molar-refractivity contribution in [2.75, 3.05) is 20.2 Å². The summed E-state index contributed by atoms with van der Waals surface area (Å²) in [6.07, 6.45) is -0.623. The number of hydrogen-bond acceptors (Lipinski definition) is 5. The van der Waals surface area contributed by atoms with Crippen LogP contribution in [0.5, 0.6) is 0 Å². The first-order chi connectivity index (χ1) is 10.5. The highest BCUT2D eigenvalue weighted by atomic mass is 16.5. The molecule has 0 saturated heterocycles. The molecule has 1 heterocycles. The molecule has 0 saturated carbocycles. The molecule has 7 heteroatoms. The Labute approximate surface area is 128 Å². The molecule has 7 nitrogen and oxygen atoms in total. The summed E-state index contributed by atoms with van der Waals surface area (Å²) in [5, 5.41) is 2.62. The number of imide groups is 1. The molecule has 1 aliphatic rings. The molecule has 0 bridgehead atoms. The van der Waals surface area contributed by atoms with Crippen molar-refractivity contribution in [3.8, 4) is 0 Å². The van der Waals surface area contributed by atoms with E-state index in [0.29, 0.717) is 17.7 Å². The SMILES string of the molecule is COC(=O)N[C@@H](CN1C(=O)c2ccccc2C1=O)C(C)CN. The predicted molar refractivity (Wildman–Crippen MR) is 79.4 cm³/mol. The average Bonchev–Trinajstić information content (AvgIpc) is 2.78. The molecular formula is C15H19N3O4. The zero-order valence-corrected chi connectivity index (χ0v) is 12.5. The number of carbonyl (C=O) groups excluding carboxylic acids is 3. The first-order valence-electron chi connectivity index (χ1n) is 6.99. The van der Waals surface area contributed by atoms with Crippen LogP contribution in [0, 0.1) is 5.92 Å². The van der Waals surface area contributed by atoms with Crippen molar-refractivity contribution in [2.45, 2.75) is 13.0 Å². The third-order valence-electron chi connectivity index (χ3n) is 3.80. The third-order valence-corrected chi connectivity index (χ3v) is 3.80. The van der Waals surface area contributed by atoms with Gasteiger partial charge in [0.05, 0.1) is 24.3 Å². The summed E-state index contributed by atoms with van der Waals surface area (Å²) in [6.45, 7) is 2.19. The van der Waals surface area contributed by atoms with Gasteiger partial charge in [-0.1, -0.05) is 19.1 Å². The van der Waals surface area contributed by atoms with Crippen LogP contribution in [0.4, 0.5) is 4.79 Å². The molecule has 3 amide bonds. The highest BCUT2D eigenvalue weighted by Crippen LogP contribution is 2.23. The van der Waals surface area contributed by atoms with Crippen LogP contribution in [0.1, 0.15) is 27.6 Å². The minimum atomic E-state index is -0.623. The molecule has 1 unspecified atom stereocenters. The molecule has 3 N–H and O–H groups in total. The van der Waals surface area contributed by atoms with Crippen molar-refractivity contribution in [1.29, 1.82) is 0 Å². The summed E-state index contributed by atoms with van der Waals surface area (Å²) in [5.74, 6) is -0.841. The number of nitrogens with two attached hydrogens (primary N) is 1. The lowest BCUT2D eigenvalue weighted by molar-refractivity contribution is 0.0623. The van der Waals surface area contributed by atoms with Crippen LogP contribution in [-0.2, 0) is 4.74 Å². The Morgan fingerprint density at radius 1 is 1.27 bits per heavy atom. The minimum absolute atomic E-state index is 0.0554. The zero-order chi connectivity index (χ0) is 16.3. The highest BCUT2D eigenvalue weighted by molar-refractivity contribution is 6.21. The van der Waals surface area contributed by atoms with Gasteiger partial charge in [-0.3, -0.25) is 14.5 Å². The van der Waals surface area contributed by atoms with E-state index in [0.717, 1.165) is 4.90 Å². The summed E-state index contributed by atoms with van der Waals surface area (Å²) >= 11 is 0. The Balaban J connectivity index is 2.19. The second kappa shape index (κ2) is 6.57. The van der Waals surface area contributed by atoms with Crippen LogP contribution in [0.3, 0.4) is 0 Å². The first kappa shape index (κ1) is 16.0. The average molecular weight is 305 g/mol. The summed E-state index contributed by atoms with van der Waals surface area (Å²) < 4.78 is 4.58. The van der Waals surface area contributed by atoms with Gasteiger partial charge in [0.25, 0.3) is 11.8 Å². The van der Waals surface area contributed by atoms with E-state index in [2.05, 4.69) is 10.1 Å². The van der Waals surface area contributed by atoms with Gasteiger partial charge in [0.2, 0.25) is 0 Å². The van der Waals surface area contributed by atoms with Crippen LogP contribution in [-0.4, -0.2) is 49.0 Å². The highest BCUT2D eigenvalue weighted by Gasteiger charge is 2.37. The molecule has 0 fully saturated rings. The predicted octanol–water partition coefficient (Wildman–Crippen LogP) is 0.602. The van der Waals surface area contributed by atoms with Crippen molar-refractivity contribution >= 4 is 17.9 Å². The first-order valence-corrected chi connectivity index (χ1v) is 6.99. The number of fused-ring (bicyclic) bond motifs is 1. The molecule has 0 spiro atoms. The number of alkyl carbamates (subject to hydrolysis) is 1. The number of ether oxygens (including phenoxy) is 1. The summed E-state index contributed by atoms with van der Waals surface area (Å²) in [6, 6.07) is 6.18. The van der Waals surface area contributed by atoms with E-state index in [-0.39, 0.29) is 24.3 Å². The van der Waals surface area contributed by atoms with Gasteiger partial charge in [0.15, 0.2) is 0 Å². The monoisotopic (exact) mass is 305 g/mol.